The van der Waals surface area contributed by atoms with Crippen molar-refractivity contribution in [3.8, 4) is 0 Å². The summed E-state index contributed by atoms with van der Waals surface area (Å²) in [4.78, 5) is 11.7. The first-order chi connectivity index (χ1) is 13.1. The summed E-state index contributed by atoms with van der Waals surface area (Å²) in [5, 5.41) is 14.6. The molecule has 0 radical (unpaired) electrons. The fourth-order valence-electron chi connectivity index (χ4n) is 2.60. The van der Waals surface area contributed by atoms with Crippen LogP contribution in [0.25, 0.3) is 0 Å². The predicted molar refractivity (Wildman–Crippen MR) is 108 cm³/mol. The Kier molecular flexibility index (Phi) is 5.83. The van der Waals surface area contributed by atoms with Gasteiger partial charge < -0.3 is 5.32 Å². The molecule has 27 heavy (non-hydrogen) atoms. The highest BCUT2D eigenvalue weighted by Gasteiger charge is 2.19. The highest BCUT2D eigenvalue weighted by Crippen LogP contribution is 2.31. The van der Waals surface area contributed by atoms with Crippen molar-refractivity contribution >= 4 is 28.0 Å². The van der Waals surface area contributed by atoms with Gasteiger partial charge in [-0.15, -0.1) is 0 Å². The maximum absolute atomic E-state index is 12.7. The van der Waals surface area contributed by atoms with Crippen molar-refractivity contribution in [1.82, 2.24) is 0 Å². The normalized spacial score (nSPS) is 11.6. The van der Waals surface area contributed by atoms with Gasteiger partial charge in [-0.25, -0.2) is 4.21 Å². The summed E-state index contributed by atoms with van der Waals surface area (Å²) in [7, 11) is 0.202. The van der Waals surface area contributed by atoms with Crippen LogP contribution in [-0.4, -0.2) is 16.2 Å². The van der Waals surface area contributed by atoms with Gasteiger partial charge in [0.1, 0.15) is 5.69 Å². The van der Waals surface area contributed by atoms with Gasteiger partial charge in [0.2, 0.25) is 0 Å². The largest absolute Gasteiger partial charge is 0.375 e. The molecule has 0 saturated heterocycles. The Labute approximate surface area is 160 Å². The summed E-state index contributed by atoms with van der Waals surface area (Å²) >= 11 is 0. The van der Waals surface area contributed by atoms with Crippen molar-refractivity contribution in [2.75, 3.05) is 16.7 Å². The molecule has 0 spiro atoms. The second kappa shape index (κ2) is 8.46. The van der Waals surface area contributed by atoms with Crippen molar-refractivity contribution in [2.45, 2.75) is 11.4 Å². The number of nitrogens with one attached hydrogen (secondary N) is 1. The molecule has 0 aliphatic rings. The molecule has 7 heteroatoms. The lowest BCUT2D eigenvalue weighted by Gasteiger charge is -2.18. The molecule has 138 valence electrons. The van der Waals surface area contributed by atoms with E-state index in [1.54, 1.807) is 43.4 Å². The van der Waals surface area contributed by atoms with Crippen LogP contribution in [0.5, 0.6) is 0 Å². The van der Waals surface area contributed by atoms with Gasteiger partial charge in [0, 0.05) is 19.7 Å². The zero-order valence-electron chi connectivity index (χ0n) is 14.7. The number of rotatable bonds is 7. The van der Waals surface area contributed by atoms with E-state index in [0.717, 1.165) is 5.56 Å². The number of nitro benzene ring substituents is 1. The van der Waals surface area contributed by atoms with Crippen molar-refractivity contribution in [1.29, 1.82) is 0 Å². The Hall–Kier alpha value is -3.19. The summed E-state index contributed by atoms with van der Waals surface area (Å²) in [6.45, 7) is 0.479. The van der Waals surface area contributed by atoms with E-state index in [9.17, 15) is 14.3 Å². The first-order valence-corrected chi connectivity index (χ1v) is 9.44. The highest BCUT2D eigenvalue weighted by atomic mass is 32.2. The van der Waals surface area contributed by atoms with Crippen LogP contribution in [-0.2, 0) is 17.5 Å². The smallest absolute Gasteiger partial charge is 0.294 e. The van der Waals surface area contributed by atoms with E-state index in [4.69, 9.17) is 0 Å². The van der Waals surface area contributed by atoms with Gasteiger partial charge in [-0.3, -0.25) is 14.4 Å². The molecule has 3 aromatic rings. The van der Waals surface area contributed by atoms with E-state index in [1.807, 2.05) is 36.4 Å². The minimum Gasteiger partial charge on any atom is -0.375 e. The number of anilines is 2. The first kappa shape index (κ1) is 18.6. The fraction of sp³-hybridized carbons (Fsp3) is 0.100. The molecule has 0 aliphatic carbocycles. The molecule has 3 rings (SSSR count). The topological polar surface area (TPSA) is 75.5 Å². The van der Waals surface area contributed by atoms with Crippen molar-refractivity contribution in [2.24, 2.45) is 0 Å². The van der Waals surface area contributed by atoms with Crippen LogP contribution in [0.2, 0.25) is 0 Å². The van der Waals surface area contributed by atoms with E-state index < -0.39 is 15.9 Å². The molecule has 0 bridgehead atoms. The number of nitrogens with zero attached hydrogens (tertiary/aromatic N) is 2. The van der Waals surface area contributed by atoms with Crippen molar-refractivity contribution in [3.63, 3.8) is 0 Å². The monoisotopic (exact) mass is 381 g/mol. The Morgan fingerprint density at radius 3 is 2.26 bits per heavy atom. The van der Waals surface area contributed by atoms with E-state index in [0.29, 0.717) is 22.8 Å². The first-order valence-electron chi connectivity index (χ1n) is 8.33. The van der Waals surface area contributed by atoms with Gasteiger partial charge in [0.15, 0.2) is 11.0 Å². The van der Waals surface area contributed by atoms with Gasteiger partial charge in [-0.05, 0) is 29.8 Å². The third-order valence-electron chi connectivity index (χ3n) is 4.06. The zero-order valence-corrected chi connectivity index (χ0v) is 15.6. The fourth-order valence-corrected chi connectivity index (χ4v) is 3.61. The lowest BCUT2D eigenvalue weighted by molar-refractivity contribution is -0.383. The number of benzene rings is 3. The Balaban J connectivity index is 1.82. The van der Waals surface area contributed by atoms with Crippen LogP contribution < -0.4 is 9.62 Å². The van der Waals surface area contributed by atoms with Gasteiger partial charge in [0.05, 0.1) is 15.5 Å². The van der Waals surface area contributed by atoms with Crippen LogP contribution in [0.4, 0.5) is 17.1 Å². The van der Waals surface area contributed by atoms with Gasteiger partial charge >= 0.3 is 0 Å². The van der Waals surface area contributed by atoms with E-state index >= 15 is 0 Å². The third-order valence-corrected chi connectivity index (χ3v) is 5.44. The molecule has 0 saturated carbocycles. The molecule has 3 aromatic carbocycles. The zero-order chi connectivity index (χ0) is 19.2. The number of nitro groups is 1. The van der Waals surface area contributed by atoms with Gasteiger partial charge in [-0.2, -0.15) is 0 Å². The maximum Gasteiger partial charge on any atom is 0.294 e. The minimum atomic E-state index is -1.45. The Bertz CT molecular complexity index is 949. The average Bonchev–Trinajstić information content (AvgIpc) is 2.72. The van der Waals surface area contributed by atoms with Gasteiger partial charge in [0.25, 0.3) is 5.69 Å². The number of hydrogen-bond donors (Lipinski definition) is 1. The second-order valence-corrected chi connectivity index (χ2v) is 7.37. The molecule has 0 fully saturated rings. The molecule has 1 atom stereocenters. The van der Waals surface area contributed by atoms with Crippen molar-refractivity contribution < 1.29 is 9.13 Å². The quantitative estimate of drug-likeness (QED) is 0.487. The van der Waals surface area contributed by atoms with Crippen LogP contribution in [0.3, 0.4) is 0 Å². The van der Waals surface area contributed by atoms with E-state index in [2.05, 4.69) is 5.32 Å². The van der Waals surface area contributed by atoms with Crippen LogP contribution in [0.15, 0.2) is 83.8 Å². The van der Waals surface area contributed by atoms with Crippen LogP contribution in [0, 0.1) is 10.1 Å². The highest BCUT2D eigenvalue weighted by molar-refractivity contribution is 7.86. The molecule has 0 amide bonds. The molecule has 0 aromatic heterocycles. The molecule has 1 unspecified atom stereocenters. The standard InChI is InChI=1S/C20H19N3O3S/c1-22(27(26)18-10-6-3-7-11-18)17-12-13-19(20(14-17)23(24)25)21-15-16-8-4-2-5-9-16/h2-14,21H,15H2,1H3. The molecule has 1 N–H and O–H groups in total. The molecule has 6 nitrogen and oxygen atoms in total. The summed E-state index contributed by atoms with van der Waals surface area (Å²) in [5.41, 5.74) is 1.90. The maximum atomic E-state index is 12.7. The summed E-state index contributed by atoms with van der Waals surface area (Å²) in [6.07, 6.45) is 0. The predicted octanol–water partition coefficient (Wildman–Crippen LogP) is 4.37. The lowest BCUT2D eigenvalue weighted by Crippen LogP contribution is -2.20. The Morgan fingerprint density at radius 1 is 1.00 bits per heavy atom. The van der Waals surface area contributed by atoms with Crippen molar-refractivity contribution in [3.05, 3.63) is 94.5 Å². The summed E-state index contributed by atoms with van der Waals surface area (Å²) in [5.74, 6) is 0. The average molecular weight is 381 g/mol. The second-order valence-electron chi connectivity index (χ2n) is 5.86. The van der Waals surface area contributed by atoms with E-state index in [1.165, 1.54) is 10.4 Å². The minimum absolute atomic E-state index is 0.0552. The Morgan fingerprint density at radius 2 is 1.63 bits per heavy atom. The van der Waals surface area contributed by atoms with Gasteiger partial charge in [-0.1, -0.05) is 48.5 Å². The third kappa shape index (κ3) is 4.51. The SMILES string of the molecule is CN(c1ccc(NCc2ccccc2)c([N+](=O)[O-])c1)S(=O)c1ccccc1. The summed E-state index contributed by atoms with van der Waals surface area (Å²) in [6, 6.07) is 23.4. The summed E-state index contributed by atoms with van der Waals surface area (Å²) < 4.78 is 14.2. The van der Waals surface area contributed by atoms with E-state index in [-0.39, 0.29) is 5.69 Å². The molecule has 0 aliphatic heterocycles. The molecular weight excluding hydrogens is 362 g/mol. The van der Waals surface area contributed by atoms with Crippen LogP contribution >= 0.6 is 0 Å². The number of hydrogen-bond acceptors (Lipinski definition) is 4. The van der Waals surface area contributed by atoms with Crippen LogP contribution in [0.1, 0.15) is 5.56 Å². The lowest BCUT2D eigenvalue weighted by atomic mass is 10.2. The molecule has 0 heterocycles. The molecular formula is C20H19N3O3S.